The maximum atomic E-state index is 5.56. The van der Waals surface area contributed by atoms with Crippen molar-refractivity contribution in [2.45, 2.75) is 12.8 Å². The minimum atomic E-state index is 0.787. The van der Waals surface area contributed by atoms with Crippen molar-refractivity contribution in [1.29, 1.82) is 0 Å². The number of benzene rings is 1. The topological polar surface area (TPSA) is 26.0 Å². The highest BCUT2D eigenvalue weighted by molar-refractivity contribution is 5.47. The van der Waals surface area contributed by atoms with Gasteiger partial charge in [0.05, 0.1) is 27.2 Å². The van der Waals surface area contributed by atoms with E-state index in [2.05, 4.69) is 44.9 Å². The van der Waals surface area contributed by atoms with Crippen molar-refractivity contribution in [3.63, 3.8) is 0 Å². The van der Waals surface area contributed by atoms with E-state index in [0.717, 1.165) is 37.0 Å². The Hall–Kier alpha value is -1.12. The van der Waals surface area contributed by atoms with Crippen LogP contribution in [0.1, 0.15) is 17.5 Å². The predicted octanol–water partition coefficient (Wildman–Crippen LogP) is 2.30. The highest BCUT2D eigenvalue weighted by Gasteiger charge is 2.13. The molecule has 0 bridgehead atoms. The number of nitrogens with two attached hydrogens (primary N) is 1. The molecular formula is C15H25N2+. The predicted molar refractivity (Wildman–Crippen MR) is 75.8 cm³/mol. The molecule has 0 atom stereocenters. The zero-order valence-electron chi connectivity index (χ0n) is 11.2. The summed E-state index contributed by atoms with van der Waals surface area (Å²) >= 11 is 0. The molecule has 94 valence electrons. The lowest BCUT2D eigenvalue weighted by Gasteiger charge is -2.29. The van der Waals surface area contributed by atoms with Crippen molar-refractivity contribution < 1.29 is 4.48 Å². The van der Waals surface area contributed by atoms with Gasteiger partial charge in [-0.25, -0.2) is 0 Å². The van der Waals surface area contributed by atoms with Crippen molar-refractivity contribution in [3.8, 4) is 0 Å². The fraction of sp³-hybridized carbons (Fsp3) is 0.467. The maximum absolute atomic E-state index is 5.56. The van der Waals surface area contributed by atoms with Gasteiger partial charge in [-0.15, -0.1) is 0 Å². The second-order valence-electron chi connectivity index (χ2n) is 5.22. The van der Waals surface area contributed by atoms with E-state index in [1.54, 1.807) is 0 Å². The van der Waals surface area contributed by atoms with Gasteiger partial charge in [-0.3, -0.25) is 0 Å². The normalized spacial score (nSPS) is 11.5. The molecule has 0 amide bonds. The second-order valence-corrected chi connectivity index (χ2v) is 5.22. The minimum absolute atomic E-state index is 0.787. The van der Waals surface area contributed by atoms with Crippen LogP contribution in [-0.2, 0) is 6.42 Å². The molecule has 0 aliphatic rings. The Kier molecular flexibility index (Phi) is 5.39. The van der Waals surface area contributed by atoms with Crippen molar-refractivity contribution in [3.05, 3.63) is 42.0 Å². The Bertz CT molecular complexity index is 338. The van der Waals surface area contributed by atoms with Crippen LogP contribution in [0.2, 0.25) is 0 Å². The van der Waals surface area contributed by atoms with Gasteiger partial charge in [0, 0.05) is 12.8 Å². The first-order chi connectivity index (χ1) is 8.07. The van der Waals surface area contributed by atoms with E-state index in [1.807, 2.05) is 6.08 Å². The molecule has 0 radical (unpaired) electrons. The number of hydrogen-bond acceptors (Lipinski definition) is 1. The van der Waals surface area contributed by atoms with Crippen LogP contribution < -0.4 is 5.73 Å². The summed E-state index contributed by atoms with van der Waals surface area (Å²) in [5.74, 6) is 0. The Morgan fingerprint density at radius 1 is 1.18 bits per heavy atom. The first-order valence-electron chi connectivity index (χ1n) is 6.31. The van der Waals surface area contributed by atoms with Crippen LogP contribution in [0.25, 0.3) is 6.08 Å². The summed E-state index contributed by atoms with van der Waals surface area (Å²) in [6, 6.07) is 8.64. The average molecular weight is 233 g/mol. The summed E-state index contributed by atoms with van der Waals surface area (Å²) in [6.07, 6.45) is 4.10. The van der Waals surface area contributed by atoms with E-state index in [4.69, 9.17) is 5.73 Å². The lowest BCUT2D eigenvalue weighted by atomic mass is 10.1. The van der Waals surface area contributed by atoms with E-state index < -0.39 is 0 Å². The van der Waals surface area contributed by atoms with Gasteiger partial charge in [0.1, 0.15) is 0 Å². The van der Waals surface area contributed by atoms with Crippen molar-refractivity contribution in [1.82, 2.24) is 0 Å². The standard InChI is InChI=1S/C15H25N2/c1-4-14-6-8-15(9-7-14)10-13-17(2,3)12-5-11-16/h4,6-9H,1,5,10-13,16H2,2-3H3/q+1. The summed E-state index contributed by atoms with van der Waals surface area (Å²) in [5.41, 5.74) is 8.14. The van der Waals surface area contributed by atoms with Gasteiger partial charge in [-0.1, -0.05) is 36.9 Å². The summed E-state index contributed by atoms with van der Waals surface area (Å²) in [6.45, 7) is 6.87. The van der Waals surface area contributed by atoms with Gasteiger partial charge >= 0.3 is 0 Å². The number of quaternary nitrogens is 1. The van der Waals surface area contributed by atoms with Gasteiger partial charge in [0.25, 0.3) is 0 Å². The van der Waals surface area contributed by atoms with E-state index in [0.29, 0.717) is 0 Å². The van der Waals surface area contributed by atoms with Crippen LogP contribution in [0.5, 0.6) is 0 Å². The average Bonchev–Trinajstić information content (AvgIpc) is 2.35. The molecule has 0 saturated carbocycles. The highest BCUT2D eigenvalue weighted by atomic mass is 15.3. The zero-order valence-corrected chi connectivity index (χ0v) is 11.2. The molecule has 2 N–H and O–H groups in total. The van der Waals surface area contributed by atoms with Crippen LogP contribution in [0.4, 0.5) is 0 Å². The monoisotopic (exact) mass is 233 g/mol. The summed E-state index contributed by atoms with van der Waals surface area (Å²) in [4.78, 5) is 0. The number of hydrogen-bond donors (Lipinski definition) is 1. The SMILES string of the molecule is C=Cc1ccc(CC[N+](C)(C)CCCN)cc1. The molecule has 0 fully saturated rings. The summed E-state index contributed by atoms with van der Waals surface area (Å²) in [7, 11) is 4.54. The van der Waals surface area contributed by atoms with E-state index >= 15 is 0 Å². The Morgan fingerprint density at radius 2 is 1.82 bits per heavy atom. The molecule has 17 heavy (non-hydrogen) atoms. The molecular weight excluding hydrogens is 208 g/mol. The van der Waals surface area contributed by atoms with Crippen LogP contribution in [0.15, 0.2) is 30.8 Å². The fourth-order valence-corrected chi connectivity index (χ4v) is 1.88. The lowest BCUT2D eigenvalue weighted by molar-refractivity contribution is -0.890. The molecule has 0 aliphatic heterocycles. The highest BCUT2D eigenvalue weighted by Crippen LogP contribution is 2.08. The summed E-state index contributed by atoms with van der Waals surface area (Å²) < 4.78 is 1.04. The molecule has 0 aromatic heterocycles. The molecule has 1 aromatic carbocycles. The van der Waals surface area contributed by atoms with E-state index in [9.17, 15) is 0 Å². The van der Waals surface area contributed by atoms with Crippen LogP contribution in [0, 0.1) is 0 Å². The first kappa shape index (κ1) is 13.9. The third kappa shape index (κ3) is 5.16. The van der Waals surface area contributed by atoms with Crippen LogP contribution in [-0.4, -0.2) is 38.2 Å². The molecule has 1 aromatic rings. The molecule has 1 rings (SSSR count). The molecule has 2 heteroatoms. The van der Waals surface area contributed by atoms with Crippen LogP contribution >= 0.6 is 0 Å². The Balaban J connectivity index is 2.45. The Morgan fingerprint density at radius 3 is 2.35 bits per heavy atom. The first-order valence-corrected chi connectivity index (χ1v) is 6.31. The molecule has 0 heterocycles. The lowest BCUT2D eigenvalue weighted by Crippen LogP contribution is -2.42. The largest absolute Gasteiger partial charge is 0.330 e. The van der Waals surface area contributed by atoms with Gasteiger partial charge in [0.15, 0.2) is 0 Å². The third-order valence-corrected chi connectivity index (χ3v) is 3.19. The molecule has 2 nitrogen and oxygen atoms in total. The van der Waals surface area contributed by atoms with E-state index in [-0.39, 0.29) is 0 Å². The molecule has 0 aliphatic carbocycles. The van der Waals surface area contributed by atoms with Crippen molar-refractivity contribution >= 4 is 6.08 Å². The maximum Gasteiger partial charge on any atom is 0.0823 e. The van der Waals surface area contributed by atoms with Crippen LogP contribution in [0.3, 0.4) is 0 Å². The second kappa shape index (κ2) is 6.58. The number of rotatable bonds is 7. The number of nitrogens with zero attached hydrogens (tertiary/aromatic N) is 1. The quantitative estimate of drug-likeness (QED) is 0.719. The van der Waals surface area contributed by atoms with Gasteiger partial charge in [0.2, 0.25) is 0 Å². The molecule has 0 saturated heterocycles. The fourth-order valence-electron chi connectivity index (χ4n) is 1.88. The molecule has 0 unspecified atom stereocenters. The minimum Gasteiger partial charge on any atom is -0.330 e. The van der Waals surface area contributed by atoms with Gasteiger partial charge < -0.3 is 10.2 Å². The summed E-state index contributed by atoms with van der Waals surface area (Å²) in [5, 5.41) is 0. The van der Waals surface area contributed by atoms with E-state index in [1.165, 1.54) is 11.1 Å². The smallest absolute Gasteiger partial charge is 0.0823 e. The van der Waals surface area contributed by atoms with Crippen molar-refractivity contribution in [2.24, 2.45) is 5.73 Å². The Labute approximate surface area is 105 Å². The van der Waals surface area contributed by atoms with Gasteiger partial charge in [-0.2, -0.15) is 0 Å². The van der Waals surface area contributed by atoms with Crippen molar-refractivity contribution in [2.75, 3.05) is 33.7 Å². The third-order valence-electron chi connectivity index (χ3n) is 3.19. The van der Waals surface area contributed by atoms with Gasteiger partial charge in [-0.05, 0) is 17.7 Å². The molecule has 0 spiro atoms. The zero-order chi connectivity index (χ0) is 12.7. The number of likely N-dealkylation sites (N-methyl/N-ethyl adjacent to an activating group) is 1.